The summed E-state index contributed by atoms with van der Waals surface area (Å²) < 4.78 is 0. The van der Waals surface area contributed by atoms with Crippen molar-refractivity contribution in [2.45, 2.75) is 6.54 Å². The number of halogens is 2. The Morgan fingerprint density at radius 1 is 1.00 bits per heavy atom. The van der Waals surface area contributed by atoms with E-state index in [-0.39, 0.29) is 17.0 Å². The largest absolute Gasteiger partial charge is 0.348 e. The molecule has 0 aliphatic carbocycles. The lowest BCUT2D eigenvalue weighted by atomic mass is 9.93. The van der Waals surface area contributed by atoms with Gasteiger partial charge in [-0.3, -0.25) is 19.4 Å². The number of nitrogens with zero attached hydrogens (tertiary/aromatic N) is 1. The second-order valence-corrected chi connectivity index (χ2v) is 7.63. The SMILES string of the molecule is O=C1Nc2ccc(C(=O)NCc3ccncc3)cc2C(=O)C1=Cc1ccc(Cl)c(Cl)c1. The molecule has 0 unspecified atom stereocenters. The summed E-state index contributed by atoms with van der Waals surface area (Å²) >= 11 is 11.9. The van der Waals surface area contributed by atoms with Gasteiger partial charge in [0.05, 0.1) is 21.3 Å². The summed E-state index contributed by atoms with van der Waals surface area (Å²) in [5.41, 5.74) is 2.31. The standard InChI is InChI=1S/C23H15Cl2N3O3/c24-18-3-1-14(10-19(18)25)9-17-21(29)16-11-15(2-4-20(16)28-23(17)31)22(30)27-12-13-5-7-26-8-6-13/h1-11H,12H2,(H,27,30)(H,28,31). The number of carbonyl (C=O) groups excluding carboxylic acids is 3. The van der Waals surface area contributed by atoms with Crippen molar-refractivity contribution in [3.8, 4) is 0 Å². The van der Waals surface area contributed by atoms with Gasteiger partial charge >= 0.3 is 0 Å². The van der Waals surface area contributed by atoms with Crippen LogP contribution in [0.4, 0.5) is 5.69 Å². The molecule has 3 aromatic rings. The lowest BCUT2D eigenvalue weighted by Crippen LogP contribution is -2.28. The van der Waals surface area contributed by atoms with E-state index in [0.29, 0.717) is 33.4 Å². The molecule has 0 radical (unpaired) electrons. The second-order valence-electron chi connectivity index (χ2n) is 6.81. The molecule has 31 heavy (non-hydrogen) atoms. The molecule has 0 bridgehead atoms. The zero-order valence-corrected chi connectivity index (χ0v) is 17.5. The predicted molar refractivity (Wildman–Crippen MR) is 119 cm³/mol. The van der Waals surface area contributed by atoms with Crippen molar-refractivity contribution in [2.24, 2.45) is 0 Å². The number of Topliss-reactive ketones (excluding diaryl/α,β-unsaturated/α-hetero) is 1. The van der Waals surface area contributed by atoms with Crippen molar-refractivity contribution in [1.29, 1.82) is 0 Å². The number of pyridine rings is 1. The van der Waals surface area contributed by atoms with Gasteiger partial charge in [0.25, 0.3) is 11.8 Å². The maximum atomic E-state index is 13.0. The van der Waals surface area contributed by atoms with Crippen molar-refractivity contribution in [2.75, 3.05) is 5.32 Å². The van der Waals surface area contributed by atoms with Gasteiger partial charge in [-0.05, 0) is 59.7 Å². The molecule has 2 N–H and O–H groups in total. The highest BCUT2D eigenvalue weighted by Gasteiger charge is 2.29. The van der Waals surface area contributed by atoms with Crippen LogP contribution in [0.3, 0.4) is 0 Å². The second kappa shape index (κ2) is 8.71. The molecule has 1 aliphatic heterocycles. The average molecular weight is 452 g/mol. The van der Waals surface area contributed by atoms with Crippen LogP contribution < -0.4 is 10.6 Å². The molecule has 2 amide bonds. The third-order valence-corrected chi connectivity index (χ3v) is 5.46. The first-order chi connectivity index (χ1) is 14.9. The third-order valence-electron chi connectivity index (χ3n) is 4.72. The summed E-state index contributed by atoms with van der Waals surface area (Å²) in [4.78, 5) is 42.0. The Hall–Kier alpha value is -3.48. The van der Waals surface area contributed by atoms with Crippen molar-refractivity contribution < 1.29 is 14.4 Å². The zero-order chi connectivity index (χ0) is 22.0. The maximum Gasteiger partial charge on any atom is 0.259 e. The van der Waals surface area contributed by atoms with Gasteiger partial charge in [0, 0.05) is 30.1 Å². The van der Waals surface area contributed by atoms with Crippen LogP contribution in [0.5, 0.6) is 0 Å². The molecule has 0 fully saturated rings. The summed E-state index contributed by atoms with van der Waals surface area (Å²) in [5, 5.41) is 6.17. The van der Waals surface area contributed by atoms with Crippen molar-refractivity contribution in [3.05, 3.63) is 98.8 Å². The minimum atomic E-state index is -0.529. The number of anilines is 1. The number of hydrogen-bond acceptors (Lipinski definition) is 4. The molecule has 0 atom stereocenters. The average Bonchev–Trinajstić information content (AvgIpc) is 2.78. The first-order valence-corrected chi connectivity index (χ1v) is 10.0. The lowest BCUT2D eigenvalue weighted by Gasteiger charge is -2.19. The number of fused-ring (bicyclic) bond motifs is 1. The van der Waals surface area contributed by atoms with Crippen molar-refractivity contribution >= 4 is 52.6 Å². The van der Waals surface area contributed by atoms with E-state index in [4.69, 9.17) is 23.2 Å². The highest BCUT2D eigenvalue weighted by Crippen LogP contribution is 2.29. The zero-order valence-electron chi connectivity index (χ0n) is 16.0. The summed E-state index contributed by atoms with van der Waals surface area (Å²) in [6, 6.07) is 13.0. The number of benzene rings is 2. The normalized spacial score (nSPS) is 14.2. The van der Waals surface area contributed by atoms with E-state index >= 15 is 0 Å². The van der Waals surface area contributed by atoms with E-state index in [1.165, 1.54) is 12.1 Å². The first kappa shape index (κ1) is 20.8. The number of nitrogens with one attached hydrogen (secondary N) is 2. The minimum absolute atomic E-state index is 0.0553. The van der Waals surface area contributed by atoms with E-state index in [9.17, 15) is 14.4 Å². The van der Waals surface area contributed by atoms with Crippen LogP contribution in [0.1, 0.15) is 31.8 Å². The van der Waals surface area contributed by atoms with Gasteiger partial charge in [-0.15, -0.1) is 0 Å². The molecule has 0 spiro atoms. The molecule has 8 heteroatoms. The van der Waals surface area contributed by atoms with E-state index in [0.717, 1.165) is 5.56 Å². The van der Waals surface area contributed by atoms with Crippen LogP contribution in [0.2, 0.25) is 10.0 Å². The van der Waals surface area contributed by atoms with E-state index < -0.39 is 11.7 Å². The van der Waals surface area contributed by atoms with Crippen LogP contribution >= 0.6 is 23.2 Å². The van der Waals surface area contributed by atoms with Gasteiger partial charge in [-0.1, -0.05) is 29.3 Å². The van der Waals surface area contributed by atoms with E-state index in [1.54, 1.807) is 54.9 Å². The van der Waals surface area contributed by atoms with Crippen molar-refractivity contribution in [1.82, 2.24) is 10.3 Å². The molecular weight excluding hydrogens is 437 g/mol. The fourth-order valence-corrected chi connectivity index (χ4v) is 3.41. The van der Waals surface area contributed by atoms with E-state index in [2.05, 4.69) is 15.6 Å². The van der Waals surface area contributed by atoms with Crippen LogP contribution in [0, 0.1) is 0 Å². The van der Waals surface area contributed by atoms with Gasteiger partial charge in [-0.2, -0.15) is 0 Å². The Morgan fingerprint density at radius 3 is 2.52 bits per heavy atom. The van der Waals surface area contributed by atoms with Gasteiger partial charge in [0.2, 0.25) is 5.78 Å². The maximum absolute atomic E-state index is 13.0. The molecule has 2 heterocycles. The van der Waals surface area contributed by atoms with Gasteiger partial charge in [-0.25, -0.2) is 0 Å². The molecule has 154 valence electrons. The van der Waals surface area contributed by atoms with Crippen LogP contribution in [0.25, 0.3) is 6.08 Å². The first-order valence-electron chi connectivity index (χ1n) is 9.26. The third kappa shape index (κ3) is 4.50. The summed E-state index contributed by atoms with van der Waals surface area (Å²) in [5.74, 6) is -1.34. The number of amides is 2. The number of hydrogen-bond donors (Lipinski definition) is 2. The summed E-state index contributed by atoms with van der Waals surface area (Å²) in [6.07, 6.45) is 4.73. The molecule has 1 aromatic heterocycles. The fourth-order valence-electron chi connectivity index (χ4n) is 3.11. The molecule has 0 saturated heterocycles. The topological polar surface area (TPSA) is 88.2 Å². The Bertz CT molecular complexity index is 1240. The summed E-state index contributed by atoms with van der Waals surface area (Å²) in [6.45, 7) is 0.325. The molecule has 6 nitrogen and oxygen atoms in total. The minimum Gasteiger partial charge on any atom is -0.348 e. The van der Waals surface area contributed by atoms with Gasteiger partial charge in [0.15, 0.2) is 0 Å². The highest BCUT2D eigenvalue weighted by atomic mass is 35.5. The van der Waals surface area contributed by atoms with Crippen LogP contribution in [0.15, 0.2) is 66.5 Å². The van der Waals surface area contributed by atoms with Crippen LogP contribution in [-0.2, 0) is 11.3 Å². The molecule has 4 rings (SSSR count). The van der Waals surface area contributed by atoms with E-state index in [1.807, 2.05) is 0 Å². The summed E-state index contributed by atoms with van der Waals surface area (Å²) in [7, 11) is 0. The molecule has 1 aliphatic rings. The number of ketones is 1. The lowest BCUT2D eigenvalue weighted by molar-refractivity contribution is -0.112. The quantitative estimate of drug-likeness (QED) is 0.450. The molecule has 0 saturated carbocycles. The predicted octanol–water partition coefficient (Wildman–Crippen LogP) is 4.54. The number of rotatable bonds is 4. The Morgan fingerprint density at radius 2 is 1.77 bits per heavy atom. The fraction of sp³-hybridized carbons (Fsp3) is 0.0435. The Labute approximate surface area is 187 Å². The molecular formula is C23H15Cl2N3O3. The smallest absolute Gasteiger partial charge is 0.259 e. The Kier molecular flexibility index (Phi) is 5.84. The number of carbonyl (C=O) groups is 3. The number of aromatic nitrogens is 1. The van der Waals surface area contributed by atoms with Crippen LogP contribution in [-0.4, -0.2) is 22.6 Å². The molecule has 2 aromatic carbocycles. The highest BCUT2D eigenvalue weighted by molar-refractivity contribution is 6.42. The monoisotopic (exact) mass is 451 g/mol. The van der Waals surface area contributed by atoms with Gasteiger partial charge < -0.3 is 10.6 Å². The Balaban J connectivity index is 1.59. The van der Waals surface area contributed by atoms with Crippen molar-refractivity contribution in [3.63, 3.8) is 0 Å². The van der Waals surface area contributed by atoms with Gasteiger partial charge in [0.1, 0.15) is 0 Å².